The lowest BCUT2D eigenvalue weighted by molar-refractivity contribution is -0.142. The average Bonchev–Trinajstić information content (AvgIpc) is 2.58. The molecule has 2 aromatic rings. The van der Waals surface area contributed by atoms with Gasteiger partial charge in [-0.1, -0.05) is 38.1 Å². The molecule has 0 unspecified atom stereocenters. The Bertz CT molecular complexity index is 767. The summed E-state index contributed by atoms with van der Waals surface area (Å²) >= 11 is 0. The number of hydrogen-bond donors (Lipinski definition) is 1. The molecule has 5 heteroatoms. The predicted octanol–water partition coefficient (Wildman–Crippen LogP) is 4.14. The molecule has 0 heterocycles. The Hall–Kier alpha value is -2.95. The van der Waals surface area contributed by atoms with Crippen LogP contribution in [0.4, 0.5) is 10.1 Å². The lowest BCUT2D eigenvalue weighted by atomic mass is 10.0. The van der Waals surface area contributed by atoms with Gasteiger partial charge in [0.2, 0.25) is 0 Å². The number of benzene rings is 2. The van der Waals surface area contributed by atoms with Crippen LogP contribution in [0.3, 0.4) is 0 Å². The standard InChI is InChI=1S/C20H20FNO3/c1-14(2)16-7-9-18(10-8-16)22-19(23)13-25-20(24)11-6-15-4-3-5-17(21)12-15/h3-12,14H,13H2,1-2H3,(H,22,23)/b11-6+. The lowest BCUT2D eigenvalue weighted by Gasteiger charge is -2.08. The Morgan fingerprint density at radius 3 is 2.52 bits per heavy atom. The van der Waals surface area contributed by atoms with Gasteiger partial charge in [-0.3, -0.25) is 4.79 Å². The topological polar surface area (TPSA) is 55.4 Å². The minimum absolute atomic E-state index is 0.390. The summed E-state index contributed by atoms with van der Waals surface area (Å²) in [6.07, 6.45) is 2.58. The van der Waals surface area contributed by atoms with Gasteiger partial charge in [0, 0.05) is 11.8 Å². The van der Waals surface area contributed by atoms with Crippen molar-refractivity contribution in [3.05, 3.63) is 71.6 Å². The summed E-state index contributed by atoms with van der Waals surface area (Å²) in [5.41, 5.74) is 2.35. The van der Waals surface area contributed by atoms with Crippen LogP contribution in [0.25, 0.3) is 6.08 Å². The number of halogens is 1. The van der Waals surface area contributed by atoms with E-state index in [0.717, 1.165) is 6.08 Å². The van der Waals surface area contributed by atoms with Gasteiger partial charge < -0.3 is 10.1 Å². The van der Waals surface area contributed by atoms with E-state index in [0.29, 0.717) is 17.2 Å². The zero-order valence-electron chi connectivity index (χ0n) is 14.2. The van der Waals surface area contributed by atoms with Gasteiger partial charge in [0.05, 0.1) is 0 Å². The predicted molar refractivity (Wildman–Crippen MR) is 95.6 cm³/mol. The van der Waals surface area contributed by atoms with Crippen LogP contribution in [-0.2, 0) is 14.3 Å². The van der Waals surface area contributed by atoms with Crippen molar-refractivity contribution in [3.63, 3.8) is 0 Å². The zero-order chi connectivity index (χ0) is 18.2. The maximum Gasteiger partial charge on any atom is 0.331 e. The SMILES string of the molecule is CC(C)c1ccc(NC(=O)COC(=O)/C=C/c2cccc(F)c2)cc1. The number of amides is 1. The van der Waals surface area contributed by atoms with E-state index in [1.54, 1.807) is 24.3 Å². The Kier molecular flexibility index (Phi) is 6.46. The molecule has 0 atom stereocenters. The molecule has 0 radical (unpaired) electrons. The third-order valence-corrected chi connectivity index (χ3v) is 3.47. The molecule has 1 N–H and O–H groups in total. The number of anilines is 1. The molecule has 25 heavy (non-hydrogen) atoms. The maximum atomic E-state index is 13.0. The van der Waals surface area contributed by atoms with Crippen LogP contribution in [0.5, 0.6) is 0 Å². The molecule has 0 aliphatic rings. The van der Waals surface area contributed by atoms with Crippen LogP contribution in [0.2, 0.25) is 0 Å². The van der Waals surface area contributed by atoms with Gasteiger partial charge >= 0.3 is 5.97 Å². The molecule has 0 spiro atoms. The summed E-state index contributed by atoms with van der Waals surface area (Å²) in [7, 11) is 0. The van der Waals surface area contributed by atoms with Gasteiger partial charge in [-0.2, -0.15) is 0 Å². The van der Waals surface area contributed by atoms with E-state index in [1.165, 1.54) is 23.8 Å². The zero-order valence-corrected chi connectivity index (χ0v) is 14.2. The van der Waals surface area contributed by atoms with E-state index in [1.807, 2.05) is 12.1 Å². The minimum Gasteiger partial charge on any atom is -0.452 e. The Morgan fingerprint density at radius 2 is 1.88 bits per heavy atom. The molecule has 2 aromatic carbocycles. The smallest absolute Gasteiger partial charge is 0.331 e. The van der Waals surface area contributed by atoms with Gasteiger partial charge in [0.25, 0.3) is 5.91 Å². The van der Waals surface area contributed by atoms with Crippen molar-refractivity contribution >= 4 is 23.6 Å². The number of esters is 1. The minimum atomic E-state index is -0.672. The van der Waals surface area contributed by atoms with Gasteiger partial charge in [-0.15, -0.1) is 0 Å². The molecule has 130 valence electrons. The fourth-order valence-electron chi connectivity index (χ4n) is 2.11. The van der Waals surface area contributed by atoms with Crippen LogP contribution >= 0.6 is 0 Å². The van der Waals surface area contributed by atoms with Gasteiger partial charge in [-0.05, 0) is 47.4 Å². The molecular weight excluding hydrogens is 321 g/mol. The van der Waals surface area contributed by atoms with Crippen molar-refractivity contribution in [2.75, 3.05) is 11.9 Å². The Balaban J connectivity index is 1.80. The molecule has 0 bridgehead atoms. The van der Waals surface area contributed by atoms with Gasteiger partial charge in [0.15, 0.2) is 6.61 Å². The Morgan fingerprint density at radius 1 is 1.16 bits per heavy atom. The van der Waals surface area contributed by atoms with E-state index in [4.69, 9.17) is 4.74 Å². The average molecular weight is 341 g/mol. The summed E-state index contributed by atoms with van der Waals surface area (Å²) in [6.45, 7) is 3.78. The first-order valence-electron chi connectivity index (χ1n) is 7.94. The van der Waals surface area contributed by atoms with Crippen LogP contribution in [0.1, 0.15) is 30.9 Å². The monoisotopic (exact) mass is 341 g/mol. The summed E-state index contributed by atoms with van der Waals surface area (Å²) in [6, 6.07) is 13.3. The highest BCUT2D eigenvalue weighted by molar-refractivity contribution is 5.94. The van der Waals surface area contributed by atoms with Crippen molar-refractivity contribution in [1.29, 1.82) is 0 Å². The van der Waals surface area contributed by atoms with Gasteiger partial charge in [0.1, 0.15) is 5.82 Å². The number of ether oxygens (including phenoxy) is 1. The molecule has 0 aromatic heterocycles. The molecule has 0 saturated carbocycles. The summed E-state index contributed by atoms with van der Waals surface area (Å²) < 4.78 is 17.9. The second kappa shape index (κ2) is 8.78. The third-order valence-electron chi connectivity index (χ3n) is 3.47. The second-order valence-corrected chi connectivity index (χ2v) is 5.82. The molecule has 1 amide bonds. The van der Waals surface area contributed by atoms with Crippen molar-refractivity contribution in [1.82, 2.24) is 0 Å². The summed E-state index contributed by atoms with van der Waals surface area (Å²) in [5, 5.41) is 2.65. The number of hydrogen-bond acceptors (Lipinski definition) is 3. The fourth-order valence-corrected chi connectivity index (χ4v) is 2.11. The van der Waals surface area contributed by atoms with Gasteiger partial charge in [-0.25, -0.2) is 9.18 Å². The number of rotatable bonds is 6. The van der Waals surface area contributed by atoms with Crippen molar-refractivity contribution in [2.45, 2.75) is 19.8 Å². The molecule has 0 saturated heterocycles. The number of nitrogens with one attached hydrogen (secondary N) is 1. The fraction of sp³-hybridized carbons (Fsp3) is 0.200. The van der Waals surface area contributed by atoms with Crippen LogP contribution in [0.15, 0.2) is 54.6 Å². The normalized spacial score (nSPS) is 10.9. The molecule has 0 fully saturated rings. The van der Waals surface area contributed by atoms with Crippen molar-refractivity contribution in [2.24, 2.45) is 0 Å². The molecule has 4 nitrogen and oxygen atoms in total. The summed E-state index contributed by atoms with van der Waals surface area (Å²) in [5.74, 6) is -1.08. The first kappa shape index (κ1) is 18.4. The molecule has 0 aliphatic heterocycles. The lowest BCUT2D eigenvalue weighted by Crippen LogP contribution is -2.20. The summed E-state index contributed by atoms with van der Waals surface area (Å²) in [4.78, 5) is 23.4. The Labute approximate surface area is 146 Å². The van der Waals surface area contributed by atoms with E-state index in [2.05, 4.69) is 19.2 Å². The third kappa shape index (κ3) is 6.22. The number of carbonyl (C=O) groups excluding carboxylic acids is 2. The van der Waals surface area contributed by atoms with Crippen molar-refractivity contribution < 1.29 is 18.7 Å². The quantitative estimate of drug-likeness (QED) is 0.634. The largest absolute Gasteiger partial charge is 0.452 e. The number of carbonyl (C=O) groups is 2. The van der Waals surface area contributed by atoms with Crippen LogP contribution in [-0.4, -0.2) is 18.5 Å². The van der Waals surface area contributed by atoms with Crippen LogP contribution in [0, 0.1) is 5.82 Å². The first-order chi connectivity index (χ1) is 11.9. The highest BCUT2D eigenvalue weighted by atomic mass is 19.1. The van der Waals surface area contributed by atoms with E-state index in [9.17, 15) is 14.0 Å². The molecular formula is C20H20FNO3. The van der Waals surface area contributed by atoms with E-state index < -0.39 is 24.3 Å². The molecule has 0 aliphatic carbocycles. The van der Waals surface area contributed by atoms with Crippen molar-refractivity contribution in [3.8, 4) is 0 Å². The first-order valence-corrected chi connectivity index (χ1v) is 7.94. The van der Waals surface area contributed by atoms with E-state index in [-0.39, 0.29) is 0 Å². The maximum absolute atomic E-state index is 13.0. The highest BCUT2D eigenvalue weighted by Crippen LogP contribution is 2.17. The van der Waals surface area contributed by atoms with Crippen LogP contribution < -0.4 is 5.32 Å². The van der Waals surface area contributed by atoms with E-state index >= 15 is 0 Å². The second-order valence-electron chi connectivity index (χ2n) is 5.82. The highest BCUT2D eigenvalue weighted by Gasteiger charge is 2.06. The molecule has 2 rings (SSSR count).